The maximum atomic E-state index is 12.4. The van der Waals surface area contributed by atoms with Crippen LogP contribution in [0.15, 0.2) is 54.7 Å². The molecule has 1 amide bonds. The monoisotopic (exact) mass is 303 g/mol. The molecule has 3 aromatic rings. The number of nitriles is 1. The van der Waals surface area contributed by atoms with E-state index in [2.05, 4.69) is 10.3 Å². The van der Waals surface area contributed by atoms with Crippen molar-refractivity contribution >= 4 is 22.5 Å². The molecule has 23 heavy (non-hydrogen) atoms. The Labute approximate surface area is 133 Å². The molecule has 0 aliphatic carbocycles. The first kappa shape index (κ1) is 14.5. The van der Waals surface area contributed by atoms with Gasteiger partial charge in [0.05, 0.1) is 29.9 Å². The maximum absolute atomic E-state index is 12.4. The first-order valence-corrected chi connectivity index (χ1v) is 6.96. The Morgan fingerprint density at radius 2 is 1.96 bits per heavy atom. The average Bonchev–Trinajstić information content (AvgIpc) is 2.61. The summed E-state index contributed by atoms with van der Waals surface area (Å²) < 4.78 is 5.31. The predicted molar refractivity (Wildman–Crippen MR) is 87.4 cm³/mol. The van der Waals surface area contributed by atoms with Crippen molar-refractivity contribution in [3.63, 3.8) is 0 Å². The number of para-hydroxylation sites is 1. The van der Waals surface area contributed by atoms with Crippen LogP contribution in [0.4, 0.5) is 5.69 Å². The molecule has 3 rings (SSSR count). The smallest absolute Gasteiger partial charge is 0.255 e. The van der Waals surface area contributed by atoms with Crippen molar-refractivity contribution in [3.05, 3.63) is 65.9 Å². The van der Waals surface area contributed by atoms with Gasteiger partial charge < -0.3 is 10.1 Å². The number of amides is 1. The van der Waals surface area contributed by atoms with Crippen molar-refractivity contribution < 1.29 is 9.53 Å². The molecule has 0 atom stereocenters. The molecule has 1 aromatic heterocycles. The minimum atomic E-state index is -0.258. The van der Waals surface area contributed by atoms with Crippen LogP contribution in [0.2, 0.25) is 0 Å². The Morgan fingerprint density at radius 3 is 2.65 bits per heavy atom. The standard InChI is InChI=1S/C18H13N3O2/c1-23-16-9-10-20-17-14(16)3-2-4-15(17)21-18(22)13-7-5-12(11-19)6-8-13/h2-10H,1H3,(H,21,22). The topological polar surface area (TPSA) is 75.0 Å². The molecule has 0 bridgehead atoms. The zero-order valence-electron chi connectivity index (χ0n) is 12.4. The van der Waals surface area contributed by atoms with Crippen LogP contribution in [-0.2, 0) is 0 Å². The van der Waals surface area contributed by atoms with E-state index >= 15 is 0 Å². The van der Waals surface area contributed by atoms with Gasteiger partial charge in [0.25, 0.3) is 5.91 Å². The summed E-state index contributed by atoms with van der Waals surface area (Å²) in [7, 11) is 1.59. The lowest BCUT2D eigenvalue weighted by Gasteiger charge is -2.10. The van der Waals surface area contributed by atoms with Gasteiger partial charge in [0.2, 0.25) is 0 Å². The van der Waals surface area contributed by atoms with Crippen LogP contribution in [-0.4, -0.2) is 18.0 Å². The van der Waals surface area contributed by atoms with Crippen molar-refractivity contribution in [1.82, 2.24) is 4.98 Å². The Bertz CT molecular complexity index is 912. The molecule has 5 nitrogen and oxygen atoms in total. The van der Waals surface area contributed by atoms with Gasteiger partial charge in [-0.05, 0) is 42.5 Å². The van der Waals surface area contributed by atoms with E-state index in [9.17, 15) is 4.79 Å². The van der Waals surface area contributed by atoms with Crippen molar-refractivity contribution in [2.24, 2.45) is 0 Å². The van der Waals surface area contributed by atoms with Crippen LogP contribution < -0.4 is 10.1 Å². The number of hydrogen-bond acceptors (Lipinski definition) is 4. The number of rotatable bonds is 3. The molecule has 1 N–H and O–H groups in total. The second kappa shape index (κ2) is 6.16. The highest BCUT2D eigenvalue weighted by atomic mass is 16.5. The lowest BCUT2D eigenvalue weighted by molar-refractivity contribution is 0.102. The number of ether oxygens (including phenoxy) is 1. The van der Waals surface area contributed by atoms with Gasteiger partial charge in [-0.15, -0.1) is 0 Å². The van der Waals surface area contributed by atoms with Gasteiger partial charge in [0.1, 0.15) is 5.75 Å². The Balaban J connectivity index is 1.95. The quantitative estimate of drug-likeness (QED) is 0.805. The summed E-state index contributed by atoms with van der Waals surface area (Å²) in [5, 5.41) is 12.5. The zero-order valence-corrected chi connectivity index (χ0v) is 12.4. The summed E-state index contributed by atoms with van der Waals surface area (Å²) in [5.41, 5.74) is 2.26. The number of fused-ring (bicyclic) bond motifs is 1. The average molecular weight is 303 g/mol. The third-order valence-corrected chi connectivity index (χ3v) is 3.48. The van der Waals surface area contributed by atoms with Crippen LogP contribution in [0, 0.1) is 11.3 Å². The second-order valence-electron chi connectivity index (χ2n) is 4.86. The fraction of sp³-hybridized carbons (Fsp3) is 0.0556. The third-order valence-electron chi connectivity index (χ3n) is 3.48. The zero-order chi connectivity index (χ0) is 16.2. The highest BCUT2D eigenvalue weighted by Crippen LogP contribution is 2.28. The minimum Gasteiger partial charge on any atom is -0.496 e. The predicted octanol–water partition coefficient (Wildman–Crippen LogP) is 3.37. The number of methoxy groups -OCH3 is 1. The van der Waals surface area contributed by atoms with E-state index in [1.165, 1.54) is 0 Å². The third kappa shape index (κ3) is 2.83. The van der Waals surface area contributed by atoms with Crippen LogP contribution >= 0.6 is 0 Å². The van der Waals surface area contributed by atoms with Crippen LogP contribution in [0.3, 0.4) is 0 Å². The van der Waals surface area contributed by atoms with E-state index < -0.39 is 0 Å². The fourth-order valence-corrected chi connectivity index (χ4v) is 2.32. The van der Waals surface area contributed by atoms with E-state index in [4.69, 9.17) is 10.00 Å². The summed E-state index contributed by atoms with van der Waals surface area (Å²) in [5.74, 6) is 0.441. The number of anilines is 1. The van der Waals surface area contributed by atoms with Crippen molar-refractivity contribution in [1.29, 1.82) is 5.26 Å². The molecule has 2 aromatic carbocycles. The molecule has 0 unspecified atom stereocenters. The molecule has 0 fully saturated rings. The van der Waals surface area contributed by atoms with E-state index in [1.54, 1.807) is 49.7 Å². The van der Waals surface area contributed by atoms with E-state index in [1.807, 2.05) is 18.2 Å². The largest absolute Gasteiger partial charge is 0.496 e. The molecule has 112 valence electrons. The highest BCUT2D eigenvalue weighted by Gasteiger charge is 2.11. The SMILES string of the molecule is COc1ccnc2c(NC(=O)c3ccc(C#N)cc3)cccc12. The Morgan fingerprint density at radius 1 is 1.17 bits per heavy atom. The number of pyridine rings is 1. The van der Waals surface area contributed by atoms with Crippen molar-refractivity contribution in [2.75, 3.05) is 12.4 Å². The highest BCUT2D eigenvalue weighted by molar-refractivity contribution is 6.08. The normalized spacial score (nSPS) is 10.1. The van der Waals surface area contributed by atoms with Gasteiger partial charge in [-0.2, -0.15) is 5.26 Å². The molecular formula is C18H13N3O2. The van der Waals surface area contributed by atoms with Crippen molar-refractivity contribution in [2.45, 2.75) is 0 Å². The lowest BCUT2D eigenvalue weighted by atomic mass is 10.1. The molecule has 0 aliphatic rings. The number of carbonyl (C=O) groups is 1. The molecule has 5 heteroatoms. The summed E-state index contributed by atoms with van der Waals surface area (Å²) >= 11 is 0. The summed E-state index contributed by atoms with van der Waals surface area (Å²) in [6, 6.07) is 15.8. The number of aromatic nitrogens is 1. The van der Waals surface area contributed by atoms with Gasteiger partial charge in [-0.1, -0.05) is 6.07 Å². The summed E-state index contributed by atoms with van der Waals surface area (Å²) in [6.45, 7) is 0. The van der Waals surface area contributed by atoms with Crippen molar-refractivity contribution in [3.8, 4) is 11.8 Å². The lowest BCUT2D eigenvalue weighted by Crippen LogP contribution is -2.12. The van der Waals surface area contributed by atoms with E-state index in [-0.39, 0.29) is 5.91 Å². The van der Waals surface area contributed by atoms with Crippen LogP contribution in [0.5, 0.6) is 5.75 Å². The second-order valence-corrected chi connectivity index (χ2v) is 4.86. The molecule has 0 spiro atoms. The Hall–Kier alpha value is -3.39. The van der Waals surface area contributed by atoms with Crippen LogP contribution in [0.1, 0.15) is 15.9 Å². The molecule has 0 radical (unpaired) electrons. The minimum absolute atomic E-state index is 0.258. The van der Waals surface area contributed by atoms with Crippen LogP contribution in [0.25, 0.3) is 10.9 Å². The Kier molecular flexibility index (Phi) is 3.89. The van der Waals surface area contributed by atoms with Gasteiger partial charge >= 0.3 is 0 Å². The molecule has 0 saturated carbocycles. The summed E-state index contributed by atoms with van der Waals surface area (Å²) in [6.07, 6.45) is 1.64. The van der Waals surface area contributed by atoms with Gasteiger partial charge in [-0.25, -0.2) is 0 Å². The number of nitrogens with zero attached hydrogens (tertiary/aromatic N) is 2. The maximum Gasteiger partial charge on any atom is 0.255 e. The molecule has 0 saturated heterocycles. The summed E-state index contributed by atoms with van der Waals surface area (Å²) in [4.78, 5) is 16.7. The number of nitrogens with one attached hydrogen (secondary N) is 1. The van der Waals surface area contributed by atoms with Gasteiger partial charge in [0.15, 0.2) is 0 Å². The molecule has 0 aliphatic heterocycles. The molecule has 1 heterocycles. The molecular weight excluding hydrogens is 290 g/mol. The van der Waals surface area contributed by atoms with E-state index in [0.717, 1.165) is 5.39 Å². The van der Waals surface area contributed by atoms with Gasteiger partial charge in [0, 0.05) is 17.1 Å². The first-order valence-electron chi connectivity index (χ1n) is 6.96. The number of benzene rings is 2. The van der Waals surface area contributed by atoms with E-state index in [0.29, 0.717) is 28.1 Å². The number of hydrogen-bond donors (Lipinski definition) is 1. The fourth-order valence-electron chi connectivity index (χ4n) is 2.32. The first-order chi connectivity index (χ1) is 11.2. The number of carbonyl (C=O) groups excluding carboxylic acids is 1. The van der Waals surface area contributed by atoms with Gasteiger partial charge in [-0.3, -0.25) is 9.78 Å².